The minimum absolute atomic E-state index is 0.111. The Morgan fingerprint density at radius 3 is 2.84 bits per heavy atom. The number of hydrogen-bond donors (Lipinski definition) is 0. The van der Waals surface area contributed by atoms with Gasteiger partial charge in [0.1, 0.15) is 6.04 Å². The molecule has 0 spiro atoms. The Kier molecular flexibility index (Phi) is 4.78. The number of esters is 1. The second kappa shape index (κ2) is 7.62. The smallest absolute Gasteiger partial charge is 0.329 e. The highest BCUT2D eigenvalue weighted by Crippen LogP contribution is 2.23. The molecule has 0 aliphatic carbocycles. The number of carbonyl (C=O) groups excluding carboxylic acids is 2. The Balaban J connectivity index is 1.41. The van der Waals surface area contributed by atoms with Crippen molar-refractivity contribution >= 4 is 39.9 Å². The van der Waals surface area contributed by atoms with Crippen LogP contribution in [-0.2, 0) is 23.2 Å². The summed E-state index contributed by atoms with van der Waals surface area (Å²) >= 11 is 1.36. The van der Waals surface area contributed by atoms with Crippen molar-refractivity contribution in [2.45, 2.75) is 25.5 Å². The number of ether oxygens (including phenoxy) is 1. The summed E-state index contributed by atoms with van der Waals surface area (Å²) < 4.78 is 8.69. The Bertz CT molecular complexity index is 1360. The number of likely N-dealkylation sites (tertiary alicyclic amines) is 1. The van der Waals surface area contributed by atoms with E-state index in [-0.39, 0.29) is 18.1 Å². The van der Waals surface area contributed by atoms with Gasteiger partial charge >= 0.3 is 5.97 Å². The highest BCUT2D eigenvalue weighted by atomic mass is 32.1. The molecule has 0 N–H and O–H groups in total. The van der Waals surface area contributed by atoms with Gasteiger partial charge in [-0.05, 0) is 36.4 Å². The highest BCUT2D eigenvalue weighted by Gasteiger charge is 2.36. The van der Waals surface area contributed by atoms with Gasteiger partial charge in [-0.15, -0.1) is 21.5 Å². The fraction of sp³-hybridized carbons (Fsp3) is 0.286. The van der Waals surface area contributed by atoms with Crippen LogP contribution in [0.15, 0.2) is 46.6 Å². The maximum atomic E-state index is 12.8. The SMILES string of the molecule is Cn1c(=O)c2ccccc2n2c(COC(=O)[C@@H]3CCCN3C(=O)c3cccs3)nnc12. The van der Waals surface area contributed by atoms with Crippen molar-refractivity contribution in [3.8, 4) is 0 Å². The van der Waals surface area contributed by atoms with Gasteiger partial charge in [-0.1, -0.05) is 18.2 Å². The van der Waals surface area contributed by atoms with Crippen LogP contribution in [0.4, 0.5) is 0 Å². The number of para-hydroxylation sites is 1. The molecule has 3 aromatic heterocycles. The summed E-state index contributed by atoms with van der Waals surface area (Å²) in [6.45, 7) is 0.414. The molecular formula is C21H19N5O4S. The summed E-state index contributed by atoms with van der Waals surface area (Å²) in [7, 11) is 1.63. The Hall–Kier alpha value is -3.53. The van der Waals surface area contributed by atoms with Gasteiger partial charge in [0.25, 0.3) is 11.5 Å². The standard InChI is InChI=1S/C21H19N5O4S/c1-24-18(27)13-6-2-3-7-14(13)26-17(22-23-21(24)26)12-30-20(29)15-8-4-10-25(15)19(28)16-9-5-11-31-16/h2-3,5-7,9,11,15H,4,8,10,12H2,1H3/t15-/m0/s1. The van der Waals surface area contributed by atoms with E-state index < -0.39 is 12.0 Å². The van der Waals surface area contributed by atoms with Crippen LogP contribution >= 0.6 is 11.3 Å². The largest absolute Gasteiger partial charge is 0.456 e. The van der Waals surface area contributed by atoms with Gasteiger partial charge < -0.3 is 9.64 Å². The van der Waals surface area contributed by atoms with E-state index in [1.165, 1.54) is 15.9 Å². The molecule has 4 aromatic rings. The second-order valence-corrected chi connectivity index (χ2v) is 8.32. The van der Waals surface area contributed by atoms with E-state index in [9.17, 15) is 14.4 Å². The number of carbonyl (C=O) groups is 2. The molecule has 1 saturated heterocycles. The number of benzene rings is 1. The molecule has 1 aliphatic heterocycles. The first-order valence-corrected chi connectivity index (χ1v) is 10.8. The van der Waals surface area contributed by atoms with Crippen LogP contribution in [-0.4, -0.2) is 48.5 Å². The zero-order valence-electron chi connectivity index (χ0n) is 16.7. The maximum absolute atomic E-state index is 12.8. The van der Waals surface area contributed by atoms with Gasteiger partial charge in [0.15, 0.2) is 12.4 Å². The highest BCUT2D eigenvalue weighted by molar-refractivity contribution is 7.12. The third kappa shape index (κ3) is 3.19. The van der Waals surface area contributed by atoms with Crippen LogP contribution in [0.25, 0.3) is 16.7 Å². The first-order valence-electron chi connectivity index (χ1n) is 9.89. The van der Waals surface area contributed by atoms with E-state index in [0.29, 0.717) is 40.3 Å². The number of thiophene rings is 1. The van der Waals surface area contributed by atoms with Crippen LogP contribution < -0.4 is 5.56 Å². The van der Waals surface area contributed by atoms with E-state index in [4.69, 9.17) is 4.74 Å². The van der Waals surface area contributed by atoms with Gasteiger partial charge in [-0.3, -0.25) is 18.6 Å². The summed E-state index contributed by atoms with van der Waals surface area (Å²) in [6.07, 6.45) is 1.31. The lowest BCUT2D eigenvalue weighted by molar-refractivity contribution is -0.149. The minimum atomic E-state index is -0.616. The molecule has 10 heteroatoms. The second-order valence-electron chi connectivity index (χ2n) is 7.37. The van der Waals surface area contributed by atoms with Crippen LogP contribution in [0, 0.1) is 0 Å². The van der Waals surface area contributed by atoms with E-state index in [1.807, 2.05) is 17.5 Å². The maximum Gasteiger partial charge on any atom is 0.329 e. The van der Waals surface area contributed by atoms with E-state index in [2.05, 4.69) is 10.2 Å². The molecular weight excluding hydrogens is 418 g/mol. The van der Waals surface area contributed by atoms with Crippen LogP contribution in [0.1, 0.15) is 28.3 Å². The normalized spacial score (nSPS) is 16.3. The third-order valence-corrected chi connectivity index (χ3v) is 6.41. The molecule has 1 aliphatic rings. The lowest BCUT2D eigenvalue weighted by Gasteiger charge is -2.22. The number of amides is 1. The lowest BCUT2D eigenvalue weighted by Crippen LogP contribution is -2.41. The number of nitrogens with zero attached hydrogens (tertiary/aromatic N) is 5. The summed E-state index contributed by atoms with van der Waals surface area (Å²) in [5.74, 6) is 0.158. The first-order chi connectivity index (χ1) is 15.1. The summed E-state index contributed by atoms with van der Waals surface area (Å²) in [5.41, 5.74) is 0.472. The average molecular weight is 437 g/mol. The molecule has 1 atom stereocenters. The van der Waals surface area contributed by atoms with E-state index >= 15 is 0 Å². The molecule has 158 valence electrons. The Morgan fingerprint density at radius 2 is 2.03 bits per heavy atom. The summed E-state index contributed by atoms with van der Waals surface area (Å²) in [4.78, 5) is 40.3. The van der Waals surface area contributed by atoms with E-state index in [1.54, 1.807) is 40.6 Å². The molecule has 1 aromatic carbocycles. The molecule has 1 amide bonds. The van der Waals surface area contributed by atoms with Crippen LogP contribution in [0.3, 0.4) is 0 Å². The van der Waals surface area contributed by atoms with Gasteiger partial charge in [-0.2, -0.15) is 0 Å². The zero-order chi connectivity index (χ0) is 21.5. The Morgan fingerprint density at radius 1 is 1.19 bits per heavy atom. The molecule has 0 unspecified atom stereocenters. The minimum Gasteiger partial charge on any atom is -0.456 e. The summed E-state index contributed by atoms with van der Waals surface area (Å²) in [5, 5.41) is 10.6. The number of rotatable bonds is 4. The van der Waals surface area contributed by atoms with Crippen LogP contribution in [0.2, 0.25) is 0 Å². The quantitative estimate of drug-likeness (QED) is 0.453. The zero-order valence-corrected chi connectivity index (χ0v) is 17.5. The van der Waals surface area contributed by atoms with E-state index in [0.717, 1.165) is 6.42 Å². The van der Waals surface area contributed by atoms with Crippen molar-refractivity contribution in [2.24, 2.45) is 7.05 Å². The molecule has 4 heterocycles. The average Bonchev–Trinajstić information content (AvgIpc) is 3.55. The topological polar surface area (TPSA) is 98.8 Å². The van der Waals surface area contributed by atoms with Gasteiger partial charge in [0.05, 0.1) is 15.8 Å². The van der Waals surface area contributed by atoms with Gasteiger partial charge in [-0.25, -0.2) is 4.79 Å². The van der Waals surface area contributed by atoms with Crippen molar-refractivity contribution < 1.29 is 14.3 Å². The van der Waals surface area contributed by atoms with Crippen molar-refractivity contribution in [3.05, 3.63) is 62.8 Å². The van der Waals surface area contributed by atoms with Gasteiger partial charge in [0, 0.05) is 13.6 Å². The molecule has 5 rings (SSSR count). The Labute approximate surface area is 180 Å². The summed E-state index contributed by atoms with van der Waals surface area (Å²) in [6, 6.07) is 10.1. The first kappa shape index (κ1) is 19.4. The molecule has 9 nitrogen and oxygen atoms in total. The fourth-order valence-corrected chi connectivity index (χ4v) is 4.69. The molecule has 0 radical (unpaired) electrons. The molecule has 0 bridgehead atoms. The number of hydrogen-bond acceptors (Lipinski definition) is 7. The number of aromatic nitrogens is 4. The predicted octanol–water partition coefficient (Wildman–Crippen LogP) is 1.99. The van der Waals surface area contributed by atoms with Crippen molar-refractivity contribution in [2.75, 3.05) is 6.54 Å². The van der Waals surface area contributed by atoms with Crippen molar-refractivity contribution in [1.82, 2.24) is 24.1 Å². The van der Waals surface area contributed by atoms with Crippen LogP contribution in [0.5, 0.6) is 0 Å². The third-order valence-electron chi connectivity index (χ3n) is 5.55. The predicted molar refractivity (Wildman–Crippen MR) is 114 cm³/mol. The lowest BCUT2D eigenvalue weighted by atomic mass is 10.2. The molecule has 31 heavy (non-hydrogen) atoms. The fourth-order valence-electron chi connectivity index (χ4n) is 4.01. The van der Waals surface area contributed by atoms with Gasteiger partial charge in [0.2, 0.25) is 5.78 Å². The monoisotopic (exact) mass is 437 g/mol. The molecule has 0 saturated carbocycles. The van der Waals surface area contributed by atoms with Crippen molar-refractivity contribution in [1.29, 1.82) is 0 Å². The number of aryl methyl sites for hydroxylation is 1. The van der Waals surface area contributed by atoms with Crippen molar-refractivity contribution in [3.63, 3.8) is 0 Å². The molecule has 1 fully saturated rings. The number of fused-ring (bicyclic) bond motifs is 3.